The van der Waals surface area contributed by atoms with Crippen LogP contribution in [0.25, 0.3) is 0 Å². The van der Waals surface area contributed by atoms with Crippen LogP contribution < -0.4 is 0 Å². The molecular weight excluding hydrogens is 174 g/mol. The van der Waals surface area contributed by atoms with Crippen molar-refractivity contribution in [3.8, 4) is 0 Å². The van der Waals surface area contributed by atoms with Gasteiger partial charge in [0.05, 0.1) is 0 Å². The molecule has 0 aromatic carbocycles. The molecule has 1 aliphatic rings. The van der Waals surface area contributed by atoms with Gasteiger partial charge in [0.15, 0.2) is 0 Å². The first-order chi connectivity index (χ1) is 6.69. The maximum atomic E-state index is 9.00. The quantitative estimate of drug-likeness (QED) is 0.708. The third-order valence-corrected chi connectivity index (χ3v) is 3.35. The third-order valence-electron chi connectivity index (χ3n) is 3.35. The fraction of sp³-hybridized carbons (Fsp3) is 1.00. The molecule has 0 bridgehead atoms. The fourth-order valence-corrected chi connectivity index (χ4v) is 2.54. The summed E-state index contributed by atoms with van der Waals surface area (Å²) in [6.07, 6.45) is 3.63. The second-order valence-corrected chi connectivity index (χ2v) is 4.93. The normalized spacial score (nSPS) is 21.2. The highest BCUT2D eigenvalue weighted by atomic mass is 16.3. The van der Waals surface area contributed by atoms with Crippen molar-refractivity contribution in [2.75, 3.05) is 19.7 Å². The van der Waals surface area contributed by atoms with Gasteiger partial charge in [-0.05, 0) is 24.7 Å². The molecule has 1 rings (SSSR count). The lowest BCUT2D eigenvalue weighted by Crippen LogP contribution is -2.53. The van der Waals surface area contributed by atoms with E-state index in [9.17, 15) is 0 Å². The largest absolute Gasteiger partial charge is 0.396 e. The predicted molar refractivity (Wildman–Crippen MR) is 60.3 cm³/mol. The molecule has 1 heterocycles. The molecule has 1 saturated heterocycles. The van der Waals surface area contributed by atoms with E-state index in [0.717, 1.165) is 12.3 Å². The highest BCUT2D eigenvalue weighted by Crippen LogP contribution is 2.27. The average Bonchev–Trinajstić information content (AvgIpc) is 2.07. The standard InChI is InChI=1S/C12H25NO/c1-4-5-11-8-13(9-11)12(6-7-14)10(2)3/h10-12,14H,4-9H2,1-3H3. The lowest BCUT2D eigenvalue weighted by molar-refractivity contribution is 0.0160. The van der Waals surface area contributed by atoms with Gasteiger partial charge in [-0.3, -0.25) is 4.90 Å². The molecular formula is C12H25NO. The molecule has 84 valence electrons. The Morgan fingerprint density at radius 1 is 1.36 bits per heavy atom. The van der Waals surface area contributed by atoms with E-state index in [0.29, 0.717) is 18.6 Å². The van der Waals surface area contributed by atoms with Gasteiger partial charge in [-0.25, -0.2) is 0 Å². The molecule has 14 heavy (non-hydrogen) atoms. The molecule has 1 N–H and O–H groups in total. The monoisotopic (exact) mass is 199 g/mol. The minimum absolute atomic E-state index is 0.331. The van der Waals surface area contributed by atoms with Crippen LogP contribution in [-0.4, -0.2) is 35.7 Å². The van der Waals surface area contributed by atoms with Crippen LogP contribution in [0.1, 0.15) is 40.0 Å². The first-order valence-electron chi connectivity index (χ1n) is 6.04. The highest BCUT2D eigenvalue weighted by molar-refractivity contribution is 4.86. The molecule has 1 atom stereocenters. The Morgan fingerprint density at radius 2 is 2.00 bits per heavy atom. The molecule has 0 aliphatic carbocycles. The van der Waals surface area contributed by atoms with Crippen molar-refractivity contribution in [1.82, 2.24) is 4.90 Å². The number of hydrogen-bond donors (Lipinski definition) is 1. The lowest BCUT2D eigenvalue weighted by Gasteiger charge is -2.46. The molecule has 1 unspecified atom stereocenters. The molecule has 1 aliphatic heterocycles. The third kappa shape index (κ3) is 2.96. The van der Waals surface area contributed by atoms with Gasteiger partial charge in [-0.2, -0.15) is 0 Å². The Labute approximate surface area is 88.3 Å². The van der Waals surface area contributed by atoms with Crippen molar-refractivity contribution in [3.63, 3.8) is 0 Å². The zero-order chi connectivity index (χ0) is 10.6. The van der Waals surface area contributed by atoms with Gasteiger partial charge in [0.2, 0.25) is 0 Å². The van der Waals surface area contributed by atoms with Gasteiger partial charge in [0, 0.05) is 25.7 Å². The van der Waals surface area contributed by atoms with Crippen LogP contribution in [0.2, 0.25) is 0 Å². The summed E-state index contributed by atoms with van der Waals surface area (Å²) in [5.74, 6) is 1.60. The van der Waals surface area contributed by atoms with Gasteiger partial charge in [0.1, 0.15) is 0 Å². The van der Waals surface area contributed by atoms with Crippen LogP contribution in [0.3, 0.4) is 0 Å². The zero-order valence-electron chi connectivity index (χ0n) is 9.87. The molecule has 0 radical (unpaired) electrons. The number of hydrogen-bond acceptors (Lipinski definition) is 2. The minimum atomic E-state index is 0.331. The van der Waals surface area contributed by atoms with E-state index in [1.54, 1.807) is 0 Å². The smallest absolute Gasteiger partial charge is 0.0446 e. The Balaban J connectivity index is 2.27. The van der Waals surface area contributed by atoms with Crippen LogP contribution in [0.15, 0.2) is 0 Å². The second kappa shape index (κ2) is 5.72. The van der Waals surface area contributed by atoms with Gasteiger partial charge >= 0.3 is 0 Å². The van der Waals surface area contributed by atoms with Crippen molar-refractivity contribution < 1.29 is 5.11 Å². The number of aliphatic hydroxyl groups excluding tert-OH is 1. The molecule has 1 fully saturated rings. The summed E-state index contributed by atoms with van der Waals surface area (Å²) in [7, 11) is 0. The summed E-state index contributed by atoms with van der Waals surface area (Å²) < 4.78 is 0. The van der Waals surface area contributed by atoms with Gasteiger partial charge in [-0.15, -0.1) is 0 Å². The SMILES string of the molecule is CCCC1CN(C(CCO)C(C)C)C1. The van der Waals surface area contributed by atoms with E-state index in [4.69, 9.17) is 5.11 Å². The first-order valence-corrected chi connectivity index (χ1v) is 6.04. The van der Waals surface area contributed by atoms with Crippen LogP contribution in [0.4, 0.5) is 0 Å². The molecule has 0 amide bonds. The molecule has 0 aromatic heterocycles. The van der Waals surface area contributed by atoms with Crippen LogP contribution in [0, 0.1) is 11.8 Å². The Morgan fingerprint density at radius 3 is 2.43 bits per heavy atom. The fourth-order valence-electron chi connectivity index (χ4n) is 2.54. The van der Waals surface area contributed by atoms with Crippen LogP contribution in [-0.2, 0) is 0 Å². The summed E-state index contributed by atoms with van der Waals surface area (Å²) in [4.78, 5) is 2.54. The maximum Gasteiger partial charge on any atom is 0.0446 e. The van der Waals surface area contributed by atoms with Gasteiger partial charge < -0.3 is 5.11 Å². The number of aliphatic hydroxyl groups is 1. The van der Waals surface area contributed by atoms with E-state index in [2.05, 4.69) is 25.7 Å². The molecule has 0 spiro atoms. The predicted octanol–water partition coefficient (Wildman–Crippen LogP) is 2.13. The van der Waals surface area contributed by atoms with Crippen molar-refractivity contribution in [3.05, 3.63) is 0 Å². The topological polar surface area (TPSA) is 23.5 Å². The van der Waals surface area contributed by atoms with Crippen molar-refractivity contribution >= 4 is 0 Å². The van der Waals surface area contributed by atoms with Crippen molar-refractivity contribution in [2.24, 2.45) is 11.8 Å². The lowest BCUT2D eigenvalue weighted by atomic mass is 9.89. The van der Waals surface area contributed by atoms with Crippen molar-refractivity contribution in [2.45, 2.75) is 46.1 Å². The summed E-state index contributed by atoms with van der Waals surface area (Å²) in [6.45, 7) is 9.63. The van der Waals surface area contributed by atoms with E-state index in [-0.39, 0.29) is 0 Å². The first kappa shape index (κ1) is 12.0. The summed E-state index contributed by atoms with van der Waals surface area (Å²) in [5.41, 5.74) is 0. The molecule has 0 aromatic rings. The van der Waals surface area contributed by atoms with Gasteiger partial charge in [-0.1, -0.05) is 27.2 Å². The van der Waals surface area contributed by atoms with Gasteiger partial charge in [0.25, 0.3) is 0 Å². The zero-order valence-corrected chi connectivity index (χ0v) is 9.87. The average molecular weight is 199 g/mol. The van der Waals surface area contributed by atoms with Crippen molar-refractivity contribution in [1.29, 1.82) is 0 Å². The molecule has 0 saturated carbocycles. The van der Waals surface area contributed by atoms with Crippen LogP contribution >= 0.6 is 0 Å². The second-order valence-electron chi connectivity index (χ2n) is 4.93. The van der Waals surface area contributed by atoms with E-state index in [1.165, 1.54) is 25.9 Å². The Bertz CT molecular complexity index is 152. The highest BCUT2D eigenvalue weighted by Gasteiger charge is 2.32. The Hall–Kier alpha value is -0.0800. The van der Waals surface area contributed by atoms with E-state index < -0.39 is 0 Å². The summed E-state index contributed by atoms with van der Waals surface area (Å²) in [5, 5.41) is 9.00. The van der Waals surface area contributed by atoms with Crippen LogP contribution in [0.5, 0.6) is 0 Å². The number of likely N-dealkylation sites (tertiary alicyclic amines) is 1. The molecule has 2 heteroatoms. The molecule has 2 nitrogen and oxygen atoms in total. The Kier molecular flexibility index (Phi) is 4.90. The summed E-state index contributed by atoms with van der Waals surface area (Å²) in [6, 6.07) is 0.605. The van der Waals surface area contributed by atoms with E-state index >= 15 is 0 Å². The number of nitrogens with zero attached hydrogens (tertiary/aromatic N) is 1. The summed E-state index contributed by atoms with van der Waals surface area (Å²) >= 11 is 0. The van der Waals surface area contributed by atoms with E-state index in [1.807, 2.05) is 0 Å². The minimum Gasteiger partial charge on any atom is -0.396 e. The number of rotatable bonds is 6. The maximum absolute atomic E-state index is 9.00.